The summed E-state index contributed by atoms with van der Waals surface area (Å²) in [6, 6.07) is 7.20. The van der Waals surface area contributed by atoms with Crippen molar-refractivity contribution >= 4 is 25.8 Å². The number of nitriles is 1. The van der Waals surface area contributed by atoms with Crippen LogP contribution in [0.25, 0.3) is 0 Å². The Kier molecular flexibility index (Phi) is 13.4. The van der Waals surface area contributed by atoms with Gasteiger partial charge in [0.1, 0.15) is 17.5 Å². The van der Waals surface area contributed by atoms with Crippen molar-refractivity contribution in [2.75, 3.05) is 31.7 Å². The van der Waals surface area contributed by atoms with Crippen LogP contribution in [-0.2, 0) is 23.3 Å². The highest BCUT2D eigenvalue weighted by molar-refractivity contribution is 7.44. The number of ether oxygens (including phenoxy) is 4. The minimum Gasteiger partial charge on any atom is -0.491 e. The van der Waals surface area contributed by atoms with Crippen LogP contribution in [0.15, 0.2) is 29.2 Å². The largest absolute Gasteiger partial charge is 0.491 e. The Hall–Kier alpha value is -3.32. The Balaban J connectivity index is 1.49. The normalized spacial score (nSPS) is 20.8. The Morgan fingerprint density at radius 3 is 2.57 bits per heavy atom. The van der Waals surface area contributed by atoms with Crippen molar-refractivity contribution in [3.63, 3.8) is 0 Å². The molecule has 49 heavy (non-hydrogen) atoms. The molecule has 0 spiro atoms. The molecule has 2 aromatic rings. The number of ketones is 1. The number of rotatable bonds is 17. The summed E-state index contributed by atoms with van der Waals surface area (Å²) in [4.78, 5) is 28.8. The summed E-state index contributed by atoms with van der Waals surface area (Å²) < 4.78 is 77.6. The summed E-state index contributed by atoms with van der Waals surface area (Å²) in [7, 11) is -1.51. The van der Waals surface area contributed by atoms with Gasteiger partial charge in [0.05, 0.1) is 44.6 Å². The number of hydrogen-bond acceptors (Lipinski definition) is 12. The Labute approximate surface area is 284 Å². The van der Waals surface area contributed by atoms with E-state index in [0.29, 0.717) is 18.0 Å². The molecule has 3 heterocycles. The molecule has 0 bridgehead atoms. The number of para-hydroxylation sites is 1. The second kappa shape index (κ2) is 17.1. The van der Waals surface area contributed by atoms with Crippen LogP contribution in [0, 0.1) is 17.2 Å². The van der Waals surface area contributed by atoms with Crippen LogP contribution in [0.1, 0.15) is 67.0 Å². The average Bonchev–Trinajstić information content (AvgIpc) is 3.34. The first-order valence-electron chi connectivity index (χ1n) is 16.2. The molecule has 1 aromatic carbocycles. The lowest BCUT2D eigenvalue weighted by atomic mass is 10.0. The lowest BCUT2D eigenvalue weighted by Crippen LogP contribution is -2.35. The Morgan fingerprint density at radius 1 is 1.18 bits per heavy atom. The number of carbonyl (C=O) groups is 1. The van der Waals surface area contributed by atoms with Crippen molar-refractivity contribution in [1.82, 2.24) is 14.2 Å². The maximum absolute atomic E-state index is 13.4. The molecule has 4 rings (SSSR count). The number of nitrogens with zero attached hydrogens (tertiary/aromatic N) is 4. The molecule has 1 unspecified atom stereocenters. The van der Waals surface area contributed by atoms with Gasteiger partial charge in [0, 0.05) is 31.0 Å². The molecule has 2 aliphatic rings. The number of Topliss-reactive ketones (excluding diaryl/α,β-unsaturated/α-hetero) is 1. The monoisotopic (exact) mass is 713 g/mol. The summed E-state index contributed by atoms with van der Waals surface area (Å²) >= 11 is 0. The van der Waals surface area contributed by atoms with Gasteiger partial charge in [0.2, 0.25) is 5.78 Å². The minimum absolute atomic E-state index is 0.110. The van der Waals surface area contributed by atoms with Crippen molar-refractivity contribution in [3.05, 3.63) is 34.9 Å². The number of aromatic nitrogens is 2. The van der Waals surface area contributed by atoms with E-state index in [-0.39, 0.29) is 68.0 Å². The number of halogens is 3. The van der Waals surface area contributed by atoms with Crippen LogP contribution >= 0.6 is 8.53 Å². The molecule has 17 heteroatoms. The molecule has 270 valence electrons. The lowest BCUT2D eigenvalue weighted by molar-refractivity contribution is -0.171. The highest BCUT2D eigenvalue weighted by Gasteiger charge is 2.45. The molecule has 1 N–H and O–H groups in total. The molecule has 13 nitrogen and oxygen atoms in total. The van der Waals surface area contributed by atoms with E-state index in [1.807, 2.05) is 41.5 Å². The van der Waals surface area contributed by atoms with E-state index in [4.69, 9.17) is 33.3 Å². The molecule has 1 fully saturated rings. The van der Waals surface area contributed by atoms with Gasteiger partial charge in [-0.2, -0.15) is 23.4 Å². The SMILES string of the molecule is CCO[C@@H]1[C@H](C)[C@@H](COP(OCCC#N)N(C(C)C)C(C)C)O[C@H]1n1cc2c(nc1=O)Nc1c(OCCCC(=O)C(F)(F)F)cccc1O2. The molecule has 1 aromatic heterocycles. The van der Waals surface area contributed by atoms with Crippen molar-refractivity contribution in [2.45, 2.75) is 97.5 Å². The number of fused-ring (bicyclic) bond motifs is 2. The molecule has 0 amide bonds. The first-order chi connectivity index (χ1) is 23.3. The minimum atomic E-state index is -4.89. The van der Waals surface area contributed by atoms with E-state index in [2.05, 4.69) is 21.0 Å². The zero-order chi connectivity index (χ0) is 35.9. The smallest absolute Gasteiger partial charge is 0.449 e. The van der Waals surface area contributed by atoms with E-state index >= 15 is 0 Å². The zero-order valence-corrected chi connectivity index (χ0v) is 29.3. The number of hydrogen-bond donors (Lipinski definition) is 1. The standard InChI is InChI=1S/C32H43F3N5O8P/c1-7-43-28-21(6)25(18-46-49(45-16-10-14-36)40(19(2)3)20(4)5)48-30(28)39-17-24-29(38-31(39)42)37-27-22(11-8-12-23(27)47-24)44-15-9-13-26(41)32(33,34)35/h8,11-12,17,19-21,25,28,30H,7,9-10,13,15-16,18H2,1-6H3,(H,37,38,42)/t21-,25-,28-,30-,49?/m1/s1. The van der Waals surface area contributed by atoms with Crippen LogP contribution in [0.2, 0.25) is 0 Å². The summed E-state index contributed by atoms with van der Waals surface area (Å²) in [6.45, 7) is 12.6. The number of alkyl halides is 3. The van der Waals surface area contributed by atoms with E-state index in [9.17, 15) is 22.8 Å². The van der Waals surface area contributed by atoms with Gasteiger partial charge in [0.25, 0.3) is 8.53 Å². The second-order valence-corrected chi connectivity index (χ2v) is 13.5. The maximum atomic E-state index is 13.4. The van der Waals surface area contributed by atoms with Crippen LogP contribution in [0.3, 0.4) is 0 Å². The van der Waals surface area contributed by atoms with Gasteiger partial charge < -0.3 is 33.3 Å². The molecule has 1 saturated heterocycles. The van der Waals surface area contributed by atoms with Gasteiger partial charge in [0.15, 0.2) is 23.5 Å². The van der Waals surface area contributed by atoms with Crippen molar-refractivity contribution < 1.29 is 46.0 Å². The fraction of sp³-hybridized carbons (Fsp3) is 0.625. The van der Waals surface area contributed by atoms with Gasteiger partial charge in [-0.3, -0.25) is 9.36 Å². The van der Waals surface area contributed by atoms with Gasteiger partial charge in [-0.1, -0.05) is 13.0 Å². The van der Waals surface area contributed by atoms with Crippen molar-refractivity contribution in [1.29, 1.82) is 5.26 Å². The molecular weight excluding hydrogens is 670 g/mol. The molecule has 2 aliphatic heterocycles. The third kappa shape index (κ3) is 9.48. The summed E-state index contributed by atoms with van der Waals surface area (Å²) in [5.41, 5.74) is -0.305. The lowest BCUT2D eigenvalue weighted by Gasteiger charge is -2.36. The molecule has 0 radical (unpaired) electrons. The van der Waals surface area contributed by atoms with Crippen LogP contribution in [-0.4, -0.2) is 76.9 Å². The van der Waals surface area contributed by atoms with Crippen molar-refractivity contribution in [2.24, 2.45) is 5.92 Å². The van der Waals surface area contributed by atoms with Gasteiger partial charge in [-0.25, -0.2) is 9.46 Å². The van der Waals surface area contributed by atoms with E-state index in [1.165, 1.54) is 10.8 Å². The van der Waals surface area contributed by atoms with E-state index in [1.54, 1.807) is 18.2 Å². The number of anilines is 2. The van der Waals surface area contributed by atoms with Gasteiger partial charge >= 0.3 is 11.9 Å². The first-order valence-corrected chi connectivity index (χ1v) is 17.3. The van der Waals surface area contributed by atoms with Crippen molar-refractivity contribution in [3.8, 4) is 23.3 Å². The van der Waals surface area contributed by atoms with Gasteiger partial charge in [-0.05, 0) is 53.2 Å². The fourth-order valence-corrected chi connectivity index (χ4v) is 7.19. The topological polar surface area (TPSA) is 146 Å². The van der Waals surface area contributed by atoms with Crippen LogP contribution in [0.4, 0.5) is 24.7 Å². The maximum Gasteiger partial charge on any atom is 0.449 e. The third-order valence-electron chi connectivity index (χ3n) is 7.84. The number of nitrogens with one attached hydrogen (secondary N) is 1. The predicted octanol–water partition coefficient (Wildman–Crippen LogP) is 6.61. The summed E-state index contributed by atoms with van der Waals surface area (Å²) in [5, 5.41) is 12.1. The van der Waals surface area contributed by atoms with Crippen LogP contribution < -0.4 is 20.5 Å². The molecule has 0 saturated carbocycles. The average molecular weight is 714 g/mol. The molecular formula is C32H43F3N5O8P. The Bertz CT molecular complexity index is 1530. The van der Waals surface area contributed by atoms with Gasteiger partial charge in [-0.15, -0.1) is 0 Å². The highest BCUT2D eigenvalue weighted by Crippen LogP contribution is 2.48. The zero-order valence-electron chi connectivity index (χ0n) is 28.4. The Morgan fingerprint density at radius 2 is 1.92 bits per heavy atom. The number of carbonyl (C=O) groups excluding carboxylic acids is 1. The first kappa shape index (κ1) is 38.5. The predicted molar refractivity (Wildman–Crippen MR) is 174 cm³/mol. The molecule has 0 aliphatic carbocycles. The quantitative estimate of drug-likeness (QED) is 0.119. The second-order valence-electron chi connectivity index (χ2n) is 12.1. The highest BCUT2D eigenvalue weighted by atomic mass is 31.2. The summed E-state index contributed by atoms with van der Waals surface area (Å²) in [6.07, 6.45) is -5.86. The van der Waals surface area contributed by atoms with E-state index < -0.39 is 51.0 Å². The van der Waals surface area contributed by atoms with Crippen LogP contribution in [0.5, 0.6) is 17.2 Å². The number of benzene rings is 1. The summed E-state index contributed by atoms with van der Waals surface area (Å²) in [5.74, 6) is -1.08. The fourth-order valence-electron chi connectivity index (χ4n) is 5.57. The third-order valence-corrected chi connectivity index (χ3v) is 9.91. The molecule has 5 atom stereocenters. The van der Waals surface area contributed by atoms with E-state index in [0.717, 1.165) is 0 Å².